The molecule has 0 spiro atoms. The minimum Gasteiger partial charge on any atom is -0.452 e. The van der Waals surface area contributed by atoms with Crippen molar-refractivity contribution in [2.75, 3.05) is 6.61 Å². The summed E-state index contributed by atoms with van der Waals surface area (Å²) in [5.41, 5.74) is -0.625. The van der Waals surface area contributed by atoms with Crippen LogP contribution >= 0.6 is 0 Å². The first kappa shape index (κ1) is 15.8. The van der Waals surface area contributed by atoms with Gasteiger partial charge in [0.15, 0.2) is 6.61 Å². The van der Waals surface area contributed by atoms with Gasteiger partial charge in [-0.15, -0.1) is 0 Å². The Balaban J connectivity index is 2.08. The summed E-state index contributed by atoms with van der Waals surface area (Å²) in [4.78, 5) is 35.2. The third-order valence-electron chi connectivity index (χ3n) is 3.22. The molecule has 0 aliphatic rings. The van der Waals surface area contributed by atoms with E-state index in [0.717, 1.165) is 6.42 Å². The normalized spacial score (nSPS) is 11.9. The molecule has 1 atom stereocenters. The zero-order valence-corrected chi connectivity index (χ0v) is 12.4. The van der Waals surface area contributed by atoms with Crippen LogP contribution in [0.5, 0.6) is 0 Å². The Morgan fingerprint density at radius 2 is 2.05 bits per heavy atom. The van der Waals surface area contributed by atoms with E-state index in [9.17, 15) is 14.4 Å². The Morgan fingerprint density at radius 3 is 2.77 bits per heavy atom. The summed E-state index contributed by atoms with van der Waals surface area (Å²) in [7, 11) is 0. The number of hydrogen-bond acceptors (Lipinski definition) is 5. The molecule has 2 rings (SSSR count). The number of para-hydroxylation sites is 1. The van der Waals surface area contributed by atoms with Crippen molar-refractivity contribution in [3.63, 3.8) is 0 Å². The van der Waals surface area contributed by atoms with Gasteiger partial charge in [-0.2, -0.15) is 0 Å². The fourth-order valence-electron chi connectivity index (χ4n) is 1.83. The Kier molecular flexibility index (Phi) is 4.93. The molecule has 0 saturated heterocycles. The monoisotopic (exact) mass is 303 g/mol. The van der Waals surface area contributed by atoms with Crippen LogP contribution in [0, 0.1) is 0 Å². The number of esters is 1. The predicted molar refractivity (Wildman–Crippen MR) is 80.7 cm³/mol. The SMILES string of the molecule is CCC(C)NC(=O)COC(=O)c1cc2ccccc2oc1=O. The summed E-state index contributed by atoms with van der Waals surface area (Å²) in [6.07, 6.45) is 0.772. The molecule has 0 radical (unpaired) electrons. The van der Waals surface area contributed by atoms with Crippen LogP contribution in [0.1, 0.15) is 30.6 Å². The van der Waals surface area contributed by atoms with Crippen molar-refractivity contribution in [1.82, 2.24) is 5.32 Å². The van der Waals surface area contributed by atoms with Crippen molar-refractivity contribution in [3.8, 4) is 0 Å². The van der Waals surface area contributed by atoms with Gasteiger partial charge in [0, 0.05) is 11.4 Å². The van der Waals surface area contributed by atoms with E-state index in [4.69, 9.17) is 9.15 Å². The van der Waals surface area contributed by atoms with Crippen LogP contribution in [-0.2, 0) is 9.53 Å². The number of fused-ring (bicyclic) bond motifs is 1. The minimum absolute atomic E-state index is 0.00283. The molecular formula is C16H17NO5. The molecule has 1 heterocycles. The number of rotatable bonds is 5. The maximum atomic E-state index is 11.9. The molecular weight excluding hydrogens is 286 g/mol. The highest BCUT2D eigenvalue weighted by atomic mass is 16.5. The fourth-order valence-corrected chi connectivity index (χ4v) is 1.83. The molecule has 1 N–H and O–H groups in total. The highest BCUT2D eigenvalue weighted by Crippen LogP contribution is 2.13. The van der Waals surface area contributed by atoms with E-state index in [1.807, 2.05) is 13.8 Å². The molecule has 1 aromatic heterocycles. The molecule has 1 amide bonds. The largest absolute Gasteiger partial charge is 0.452 e. The third kappa shape index (κ3) is 3.72. The lowest BCUT2D eigenvalue weighted by molar-refractivity contribution is -0.124. The minimum atomic E-state index is -0.876. The van der Waals surface area contributed by atoms with Gasteiger partial charge >= 0.3 is 11.6 Å². The van der Waals surface area contributed by atoms with Crippen LogP contribution in [0.25, 0.3) is 11.0 Å². The van der Waals surface area contributed by atoms with Crippen LogP contribution < -0.4 is 10.9 Å². The number of carbonyl (C=O) groups is 2. The molecule has 1 aromatic carbocycles. The topological polar surface area (TPSA) is 85.6 Å². The van der Waals surface area contributed by atoms with Gasteiger partial charge < -0.3 is 14.5 Å². The number of nitrogens with one attached hydrogen (secondary N) is 1. The molecule has 22 heavy (non-hydrogen) atoms. The molecule has 6 nitrogen and oxygen atoms in total. The van der Waals surface area contributed by atoms with E-state index in [0.29, 0.717) is 11.0 Å². The average Bonchev–Trinajstić information content (AvgIpc) is 2.51. The van der Waals surface area contributed by atoms with Crippen molar-refractivity contribution in [3.05, 3.63) is 46.3 Å². The third-order valence-corrected chi connectivity index (χ3v) is 3.22. The first-order chi connectivity index (χ1) is 10.5. The van der Waals surface area contributed by atoms with Gasteiger partial charge in [0.2, 0.25) is 0 Å². The van der Waals surface area contributed by atoms with E-state index in [-0.39, 0.29) is 11.6 Å². The van der Waals surface area contributed by atoms with E-state index in [1.165, 1.54) is 6.07 Å². The van der Waals surface area contributed by atoms with Crippen molar-refractivity contribution in [2.45, 2.75) is 26.3 Å². The van der Waals surface area contributed by atoms with Crippen LogP contribution in [0.15, 0.2) is 39.5 Å². The van der Waals surface area contributed by atoms with Crippen LogP contribution in [0.2, 0.25) is 0 Å². The second-order valence-electron chi connectivity index (χ2n) is 4.94. The van der Waals surface area contributed by atoms with E-state index in [1.54, 1.807) is 24.3 Å². The molecule has 0 bridgehead atoms. The first-order valence-electron chi connectivity index (χ1n) is 7.00. The van der Waals surface area contributed by atoms with E-state index < -0.39 is 24.1 Å². The zero-order chi connectivity index (χ0) is 16.1. The van der Waals surface area contributed by atoms with Gasteiger partial charge in [-0.1, -0.05) is 25.1 Å². The summed E-state index contributed by atoms with van der Waals surface area (Å²) in [6, 6.07) is 8.23. The summed E-state index contributed by atoms with van der Waals surface area (Å²) in [5.74, 6) is -1.29. The maximum Gasteiger partial charge on any atom is 0.351 e. The lowest BCUT2D eigenvalue weighted by Crippen LogP contribution is -2.35. The summed E-state index contributed by atoms with van der Waals surface area (Å²) in [6.45, 7) is 3.34. The Morgan fingerprint density at radius 1 is 1.32 bits per heavy atom. The maximum absolute atomic E-state index is 11.9. The smallest absolute Gasteiger partial charge is 0.351 e. The quantitative estimate of drug-likeness (QED) is 0.673. The average molecular weight is 303 g/mol. The van der Waals surface area contributed by atoms with Gasteiger partial charge in [0.1, 0.15) is 11.1 Å². The Bertz CT molecular complexity index is 750. The van der Waals surface area contributed by atoms with Crippen molar-refractivity contribution in [1.29, 1.82) is 0 Å². The second-order valence-corrected chi connectivity index (χ2v) is 4.94. The predicted octanol–water partition coefficient (Wildman–Crippen LogP) is 1.86. The highest BCUT2D eigenvalue weighted by Gasteiger charge is 2.17. The number of carbonyl (C=O) groups excluding carboxylic acids is 2. The lowest BCUT2D eigenvalue weighted by Gasteiger charge is -2.11. The van der Waals surface area contributed by atoms with Crippen LogP contribution in [-0.4, -0.2) is 24.5 Å². The van der Waals surface area contributed by atoms with Crippen LogP contribution in [0.3, 0.4) is 0 Å². The number of ether oxygens (including phenoxy) is 1. The molecule has 0 aliphatic heterocycles. The molecule has 0 fully saturated rings. The van der Waals surface area contributed by atoms with Gasteiger partial charge in [0.05, 0.1) is 0 Å². The van der Waals surface area contributed by atoms with Crippen LogP contribution in [0.4, 0.5) is 0 Å². The zero-order valence-electron chi connectivity index (χ0n) is 12.4. The second kappa shape index (κ2) is 6.89. The molecule has 0 saturated carbocycles. The first-order valence-corrected chi connectivity index (χ1v) is 7.00. The van der Waals surface area contributed by atoms with Gasteiger partial charge in [0.25, 0.3) is 5.91 Å². The number of hydrogen-bond donors (Lipinski definition) is 1. The molecule has 1 unspecified atom stereocenters. The van der Waals surface area contributed by atoms with E-state index in [2.05, 4.69) is 5.32 Å². The molecule has 116 valence electrons. The summed E-state index contributed by atoms with van der Waals surface area (Å²) in [5, 5.41) is 3.27. The number of benzene rings is 1. The fraction of sp³-hybridized carbons (Fsp3) is 0.312. The van der Waals surface area contributed by atoms with Crippen molar-refractivity contribution in [2.24, 2.45) is 0 Å². The Hall–Kier alpha value is -2.63. The van der Waals surface area contributed by atoms with Crippen molar-refractivity contribution >= 4 is 22.8 Å². The number of amides is 1. The lowest BCUT2D eigenvalue weighted by atomic mass is 10.2. The molecule has 6 heteroatoms. The molecule has 2 aromatic rings. The highest BCUT2D eigenvalue weighted by molar-refractivity contribution is 5.94. The standard InChI is InChI=1S/C16H17NO5/c1-3-10(2)17-14(18)9-21-15(19)12-8-11-6-4-5-7-13(11)22-16(12)20/h4-8,10H,3,9H2,1-2H3,(H,17,18). The molecule has 0 aliphatic carbocycles. The van der Waals surface area contributed by atoms with Crippen molar-refractivity contribution < 1.29 is 18.7 Å². The summed E-state index contributed by atoms with van der Waals surface area (Å²) >= 11 is 0. The Labute approximate surface area is 127 Å². The van der Waals surface area contributed by atoms with Gasteiger partial charge in [-0.25, -0.2) is 9.59 Å². The van der Waals surface area contributed by atoms with E-state index >= 15 is 0 Å². The summed E-state index contributed by atoms with van der Waals surface area (Å²) < 4.78 is 9.90. The van der Waals surface area contributed by atoms with Gasteiger partial charge in [-0.05, 0) is 25.5 Å². The van der Waals surface area contributed by atoms with Gasteiger partial charge in [-0.3, -0.25) is 4.79 Å².